The number of carbonyl (C=O) groups excluding carboxylic acids is 1. The minimum Gasteiger partial charge on any atom is -0.397 e. The molecule has 31 nitrogen and oxygen atoms in total. The van der Waals surface area contributed by atoms with Gasteiger partial charge < -0.3 is 31.0 Å². The van der Waals surface area contributed by atoms with Gasteiger partial charge in [0.05, 0.1) is 109 Å². The molecule has 0 saturated heterocycles. The highest BCUT2D eigenvalue weighted by molar-refractivity contribution is 6.03. The summed E-state index contributed by atoms with van der Waals surface area (Å²) in [5, 5.41) is 37.3. The number of hydrogen-bond donors (Lipinski definition) is 10. The molecule has 652 valence electrons. The Balaban J connectivity index is 0.000000123. The number of aromatic amines is 8. The molecule has 20 aromatic heterocycles. The molecule has 24 rings (SSSR count). The van der Waals surface area contributed by atoms with Crippen LogP contribution in [0, 0.1) is 12.8 Å². The van der Waals surface area contributed by atoms with Gasteiger partial charge in [-0.05, 0) is 162 Å². The minimum absolute atomic E-state index is 0. The molecule has 0 atom stereocenters. The lowest BCUT2D eigenvalue weighted by Gasteiger charge is -2.09. The van der Waals surface area contributed by atoms with Crippen LogP contribution in [-0.2, 0) is 4.79 Å². The number of nitrogens with zero attached hydrogens (tertiary/aromatic N) is 20. The molecule has 0 aliphatic carbocycles. The Bertz CT molecular complexity index is 8250. The van der Waals surface area contributed by atoms with E-state index < -0.39 is 0 Å². The van der Waals surface area contributed by atoms with Crippen molar-refractivity contribution in [3.8, 4) is 136 Å². The lowest BCUT2D eigenvalue weighted by atomic mass is 10.0. The zero-order chi connectivity index (χ0) is 86.8. The summed E-state index contributed by atoms with van der Waals surface area (Å²) in [4.78, 5) is 97.4. The van der Waals surface area contributed by atoms with Gasteiger partial charge in [-0.1, -0.05) is 98.2 Å². The highest BCUT2D eigenvalue weighted by Gasteiger charge is 2.24. The number of anilines is 2. The summed E-state index contributed by atoms with van der Waals surface area (Å²) in [6.45, 7) is 6.12. The maximum atomic E-state index is 12.2. The fourth-order valence-corrected chi connectivity index (χ4v) is 15.7. The molecule has 0 radical (unpaired) electrons. The zero-order valence-electron chi connectivity index (χ0n) is 69.0. The Kier molecular flexibility index (Phi) is 24.6. The van der Waals surface area contributed by atoms with Gasteiger partial charge in [0.15, 0.2) is 23.3 Å². The van der Waals surface area contributed by atoms with Crippen molar-refractivity contribution in [2.45, 2.75) is 56.9 Å². The topological polar surface area (TPSA) is 439 Å². The molecule has 0 spiro atoms. The predicted molar refractivity (Wildman–Crippen MR) is 526 cm³/mol. The number of imidazole rings is 4. The number of aromatic nitrogens is 28. The Labute approximate surface area is 760 Å². The van der Waals surface area contributed by atoms with Gasteiger partial charge in [0.25, 0.3) is 0 Å². The number of nitrogens with two attached hydrogens (primary N) is 1. The van der Waals surface area contributed by atoms with Gasteiger partial charge in [-0.25, -0.2) is 19.9 Å². The molecule has 4 aromatic carbocycles. The molecule has 24 aromatic rings. The molecular weight excluding hydrogens is 1660 g/mol. The summed E-state index contributed by atoms with van der Waals surface area (Å²) in [6, 6.07) is 57.5. The van der Waals surface area contributed by atoms with Gasteiger partial charge in [0.1, 0.15) is 44.8 Å². The number of hydrogen-bond acceptors (Lipinski definition) is 22. The first-order valence-corrected chi connectivity index (χ1v) is 41.2. The van der Waals surface area contributed by atoms with Gasteiger partial charge in [0, 0.05) is 165 Å². The number of nitrogen functional groups attached to an aromatic ring is 1. The molecule has 31 heteroatoms. The van der Waals surface area contributed by atoms with E-state index in [4.69, 9.17) is 25.7 Å². The summed E-state index contributed by atoms with van der Waals surface area (Å²) in [6.07, 6.45) is 35.9. The standard InChI is InChI=1S/C28H24N8O.C24H17N7.C23H16N8.C23H15N7.4CH4/c1-16(2)9-25(37)32-19-10-18(12-29-13-19)17-6-7-23-20(11-17)27(36-35-23)28-33-24-15-30-14-21(26(24)34-28)22-5-3-4-8-31-22;1-14-7-9-25-11-17(14)15-5-6-20-16(10-15)23(31-30-20)24-28-21-13-26-12-18(22(21)29-24)19-4-2-3-8-27-19;24-15-7-14(9-25-10-15)13-4-5-19-16(8-13)22(31-30-19)23-28-20-12-26-11-17(21(20)29-23)18-3-1-2-6-27-18;1-2-9-26-18(5-1)17-12-25-13-20-21(17)28-23(27-20)22-16-10-14(6-7-19(16)29-30-22)15-4-3-8-24-11-15;;;;/h3-8,10-16H,9H2,1-2H3,(H,32,37)(H,33,34)(H,35,36);2-13H,1H3,(H,28,29)(H,30,31);1-12H,24H2,(H,28,29)(H,30,31);1-13H,(H,27,28)(H,29,30);4*1H4. The molecule has 1 amide bonds. The second-order valence-corrected chi connectivity index (χ2v) is 30.9. The number of pyridine rings is 12. The van der Waals surface area contributed by atoms with E-state index in [9.17, 15) is 4.79 Å². The van der Waals surface area contributed by atoms with E-state index in [0.29, 0.717) is 46.8 Å². The fourth-order valence-electron chi connectivity index (χ4n) is 15.7. The maximum absolute atomic E-state index is 12.2. The van der Waals surface area contributed by atoms with Crippen LogP contribution in [0.15, 0.2) is 300 Å². The number of rotatable bonds is 15. The highest BCUT2D eigenvalue weighted by atomic mass is 16.1. The third-order valence-electron chi connectivity index (χ3n) is 21.9. The average molecular weight is 1750 g/mol. The smallest absolute Gasteiger partial charge is 0.224 e. The van der Waals surface area contributed by atoms with E-state index in [1.54, 1.807) is 105 Å². The number of benzene rings is 4. The monoisotopic (exact) mass is 1750 g/mol. The predicted octanol–water partition coefficient (Wildman–Crippen LogP) is 21.9. The Hall–Kier alpha value is -18.3. The summed E-state index contributed by atoms with van der Waals surface area (Å²) in [5.74, 6) is 2.93. The van der Waals surface area contributed by atoms with Crippen LogP contribution >= 0.6 is 0 Å². The molecule has 0 aliphatic rings. The van der Waals surface area contributed by atoms with Crippen LogP contribution in [0.4, 0.5) is 11.4 Å². The molecule has 20 heterocycles. The molecule has 0 fully saturated rings. The van der Waals surface area contributed by atoms with Gasteiger partial charge in [-0.2, -0.15) is 20.4 Å². The second kappa shape index (κ2) is 37.7. The quantitative estimate of drug-likeness (QED) is 0.0456. The number of carbonyl (C=O) groups is 1. The van der Waals surface area contributed by atoms with Crippen LogP contribution in [-0.4, -0.2) is 146 Å². The van der Waals surface area contributed by atoms with Gasteiger partial charge in [-0.3, -0.25) is 85.0 Å². The van der Waals surface area contributed by atoms with Gasteiger partial charge in [-0.15, -0.1) is 0 Å². The second-order valence-electron chi connectivity index (χ2n) is 30.9. The van der Waals surface area contributed by atoms with E-state index >= 15 is 0 Å². The normalized spacial score (nSPS) is 11.0. The molecule has 0 saturated carbocycles. The number of amides is 1. The van der Waals surface area contributed by atoms with Crippen molar-refractivity contribution in [1.82, 2.24) is 140 Å². The van der Waals surface area contributed by atoms with Crippen molar-refractivity contribution in [2.75, 3.05) is 11.1 Å². The number of nitrogens with one attached hydrogen (secondary N) is 9. The lowest BCUT2D eigenvalue weighted by Crippen LogP contribution is -2.13. The van der Waals surface area contributed by atoms with E-state index in [1.165, 1.54) is 5.56 Å². The van der Waals surface area contributed by atoms with Crippen LogP contribution < -0.4 is 11.1 Å². The first kappa shape index (κ1) is 86.8. The van der Waals surface area contributed by atoms with E-state index in [1.807, 2.05) is 172 Å². The average Bonchev–Trinajstić information content (AvgIpc) is 1.61. The third kappa shape index (κ3) is 17.5. The van der Waals surface area contributed by atoms with Crippen molar-refractivity contribution < 1.29 is 4.79 Å². The molecule has 11 N–H and O–H groups in total. The van der Waals surface area contributed by atoms with Crippen molar-refractivity contribution in [3.63, 3.8) is 0 Å². The summed E-state index contributed by atoms with van der Waals surface area (Å²) < 4.78 is 0. The van der Waals surface area contributed by atoms with Crippen molar-refractivity contribution in [3.05, 3.63) is 305 Å². The van der Waals surface area contributed by atoms with Gasteiger partial charge in [0.2, 0.25) is 5.91 Å². The summed E-state index contributed by atoms with van der Waals surface area (Å²) in [5.41, 5.74) is 36.4. The summed E-state index contributed by atoms with van der Waals surface area (Å²) in [7, 11) is 0. The van der Waals surface area contributed by atoms with Crippen LogP contribution in [0.2, 0.25) is 0 Å². The lowest BCUT2D eigenvalue weighted by molar-refractivity contribution is -0.116. The number of aryl methyl sites for hydroxylation is 1. The van der Waals surface area contributed by atoms with E-state index in [-0.39, 0.29) is 41.5 Å². The highest BCUT2D eigenvalue weighted by Crippen LogP contribution is 2.40. The minimum atomic E-state index is -0.0222. The Morgan fingerprint density at radius 2 is 0.662 bits per heavy atom. The van der Waals surface area contributed by atoms with Crippen molar-refractivity contribution in [2.24, 2.45) is 5.92 Å². The Morgan fingerprint density at radius 3 is 1.02 bits per heavy atom. The van der Waals surface area contributed by atoms with Crippen LogP contribution in [0.25, 0.3) is 223 Å². The van der Waals surface area contributed by atoms with Crippen LogP contribution in [0.5, 0.6) is 0 Å². The first-order valence-electron chi connectivity index (χ1n) is 41.2. The number of fused-ring (bicyclic) bond motifs is 8. The summed E-state index contributed by atoms with van der Waals surface area (Å²) >= 11 is 0. The third-order valence-corrected chi connectivity index (χ3v) is 21.9. The fraction of sp³-hybridized carbons (Fsp3) is 0.0882. The number of H-pyrrole nitrogens is 8. The van der Waals surface area contributed by atoms with Crippen molar-refractivity contribution in [1.29, 1.82) is 0 Å². The largest absolute Gasteiger partial charge is 0.397 e. The van der Waals surface area contributed by atoms with Gasteiger partial charge >= 0.3 is 0 Å². The molecule has 0 bridgehead atoms. The van der Waals surface area contributed by atoms with Crippen molar-refractivity contribution >= 4 is 105 Å². The van der Waals surface area contributed by atoms with Crippen LogP contribution in [0.1, 0.15) is 55.5 Å². The molecule has 0 aliphatic heterocycles. The molecular formula is C102H88N30O. The molecule has 133 heavy (non-hydrogen) atoms. The first-order chi connectivity index (χ1) is 63.4. The SMILES string of the molecule is C.C.C.C.CC(C)CC(=O)Nc1cncc(-c2ccc3[nH]nc(-c4nc5c(-c6ccccn6)cncc5[nH]4)c3c2)c1.Cc1ccncc1-c1ccc2[nH]nc(-c3nc4c(-c5ccccn5)cncc4[nH]3)c2c1.Nc1cncc(-c2ccc3[nH]nc(-c4nc5c(-c6ccccn6)cncc5[nH]4)c3c2)c1.c1ccc(-c2cncc3[nH]c(-c4n[nH]c5ccc(-c6cccnc6)cc45)nc23)nc1. The zero-order valence-corrected chi connectivity index (χ0v) is 69.0. The van der Waals surface area contributed by atoms with Crippen LogP contribution in [0.3, 0.4) is 0 Å². The maximum Gasteiger partial charge on any atom is 0.224 e. The van der Waals surface area contributed by atoms with E-state index in [2.05, 4.69) is 169 Å². The van der Waals surface area contributed by atoms with E-state index in [0.717, 1.165) is 194 Å². The molecule has 0 unspecified atom stereocenters. The Morgan fingerprint density at radius 1 is 0.316 bits per heavy atom.